The molecule has 0 bridgehead atoms. The number of benzene rings is 3. The molecule has 0 saturated carbocycles. The lowest BCUT2D eigenvalue weighted by molar-refractivity contribution is -0.142. The van der Waals surface area contributed by atoms with Crippen LogP contribution in [0.3, 0.4) is 0 Å². The Morgan fingerprint density at radius 2 is 1.13 bits per heavy atom. The van der Waals surface area contributed by atoms with Crippen molar-refractivity contribution in [2.45, 2.75) is 173 Å². The van der Waals surface area contributed by atoms with Gasteiger partial charge in [-0.1, -0.05) is 150 Å². The molecule has 6 rings (SSSR count). The Hall–Kier alpha value is -9.49. The first-order chi connectivity index (χ1) is 47.0. The van der Waals surface area contributed by atoms with Crippen molar-refractivity contribution in [3.63, 3.8) is 0 Å². The smallest absolute Gasteiger partial charge is 0.326 e. The van der Waals surface area contributed by atoms with Crippen molar-refractivity contribution in [1.29, 1.82) is 0 Å². The van der Waals surface area contributed by atoms with Gasteiger partial charge in [0.05, 0.1) is 18.8 Å². The lowest BCUT2D eigenvalue weighted by atomic mass is 9.94. The number of para-hydroxylation sites is 1. The lowest BCUT2D eigenvalue weighted by Crippen LogP contribution is -2.62. The fraction of sp³-hybridized carbons (Fsp3) is 0.485. The molecule has 13 atom stereocenters. The van der Waals surface area contributed by atoms with E-state index in [1.807, 2.05) is 18.2 Å². The molecule has 1 saturated heterocycles. The first-order valence-electron chi connectivity index (χ1n) is 32.9. The number of amides is 10. The van der Waals surface area contributed by atoms with Crippen LogP contribution in [0.2, 0.25) is 0 Å². The number of carbonyl (C=O) groups excluding carboxylic acids is 10. The summed E-state index contributed by atoms with van der Waals surface area (Å²) in [4.78, 5) is 179. The third-order valence-electron chi connectivity index (χ3n) is 17.0. The number of nitrogens with zero attached hydrogens (tertiary/aromatic N) is 1. The van der Waals surface area contributed by atoms with E-state index in [-0.39, 0.29) is 61.7 Å². The number of carbonyl (C=O) groups is 12. The molecule has 3 aromatic carbocycles. The number of nitrogens with two attached hydrogens (primary N) is 1. The standard InChI is InChI=1S/C68H92N14O15S2/c1-9-37(7)56(66(94)78-52(68(96)97)27-41-30-71-46-19-15-14-18-44(41)46)82-67(95)57(38(8)10-2)81-63(91)51(29-54(84)85)76-59(87)47(24-35(3)4)73-62(90)50(28-42-31-70-34-72-42)75-64(92)53-33-99-98-32-45(69)58(86)80-55(36(5)6)65(93)77-49(26-40-20-22-43(83)23-21-40)60(88)74-48(61(89)79-53)25-39-16-12-11-13-17-39/h11-23,30-31,34-38,45,47-53,55-57,71,83H,9-10,24-29,32-33,69H2,1-8H3,(H,70,72)(H,73,90)(H,74,88)(H,75,92)(H,76,87)(H,77,93)(H,78,94)(H,79,89)(H,80,86)(H,81,91)(H,82,95)(H,84,85)(H,96,97)/t37-,38-,45-,47-,48-,49+,50-,51-,52-,53+,55-,56-,57-/m0/s1. The molecular formula is C68H92N14O15S2. The number of fused-ring (bicyclic) bond motifs is 1. The number of aromatic nitrogens is 3. The van der Waals surface area contributed by atoms with Crippen LogP contribution in [-0.2, 0) is 83.2 Å². The van der Waals surface area contributed by atoms with Crippen molar-refractivity contribution in [3.05, 3.63) is 120 Å². The Balaban J connectivity index is 1.24. The van der Waals surface area contributed by atoms with Crippen LogP contribution >= 0.6 is 21.6 Å². The Morgan fingerprint density at radius 3 is 1.73 bits per heavy atom. The first kappa shape index (κ1) is 78.5. The maximum Gasteiger partial charge on any atom is 0.326 e. The van der Waals surface area contributed by atoms with E-state index in [4.69, 9.17) is 5.73 Å². The van der Waals surface area contributed by atoms with Crippen molar-refractivity contribution in [1.82, 2.24) is 68.1 Å². The summed E-state index contributed by atoms with van der Waals surface area (Å²) in [5, 5.41) is 57.8. The number of carboxylic acids is 2. The van der Waals surface area contributed by atoms with Gasteiger partial charge in [-0.15, -0.1) is 0 Å². The van der Waals surface area contributed by atoms with Crippen LogP contribution in [0.5, 0.6) is 5.75 Å². The van der Waals surface area contributed by atoms with Crippen LogP contribution in [0.4, 0.5) is 0 Å². The molecule has 0 unspecified atom stereocenters. The summed E-state index contributed by atoms with van der Waals surface area (Å²) in [7, 11) is 2.11. The van der Waals surface area contributed by atoms with Gasteiger partial charge in [0.1, 0.15) is 66.2 Å². The van der Waals surface area contributed by atoms with Gasteiger partial charge in [-0.25, -0.2) is 9.78 Å². The van der Waals surface area contributed by atoms with Crippen LogP contribution in [0, 0.1) is 23.7 Å². The van der Waals surface area contributed by atoms with Crippen LogP contribution in [-0.4, -0.2) is 179 Å². The number of H-pyrrole nitrogens is 2. The Bertz CT molecular complexity index is 3600. The predicted octanol–water partition coefficient (Wildman–Crippen LogP) is 1.79. The molecule has 0 radical (unpaired) electrons. The normalized spacial score (nSPS) is 19.7. The van der Waals surface area contributed by atoms with Crippen molar-refractivity contribution in [3.8, 4) is 5.75 Å². The molecular weight excluding hydrogens is 1320 g/mol. The number of hydrogen-bond acceptors (Lipinski definition) is 17. The molecule has 2 aromatic heterocycles. The Labute approximate surface area is 581 Å². The van der Waals surface area contributed by atoms with Gasteiger partial charge in [0.2, 0.25) is 59.1 Å². The number of rotatable bonds is 30. The lowest BCUT2D eigenvalue weighted by Gasteiger charge is -2.31. The molecule has 29 nitrogen and oxygen atoms in total. The zero-order valence-electron chi connectivity index (χ0n) is 56.6. The van der Waals surface area contributed by atoms with Gasteiger partial charge >= 0.3 is 11.9 Å². The average Bonchev–Trinajstić information content (AvgIpc) is 1.78. The van der Waals surface area contributed by atoms with E-state index < -0.39 is 162 Å². The third kappa shape index (κ3) is 23.9. The monoisotopic (exact) mass is 1410 g/mol. The number of nitrogens with one attached hydrogen (secondary N) is 12. The van der Waals surface area contributed by atoms with Crippen molar-refractivity contribution in [2.75, 3.05) is 11.5 Å². The fourth-order valence-corrected chi connectivity index (χ4v) is 13.1. The van der Waals surface area contributed by atoms with Crippen molar-refractivity contribution >= 4 is 104 Å². The van der Waals surface area contributed by atoms with Gasteiger partial charge in [0.25, 0.3) is 0 Å². The maximum atomic E-state index is 14.9. The highest BCUT2D eigenvalue weighted by molar-refractivity contribution is 8.76. The summed E-state index contributed by atoms with van der Waals surface area (Å²) in [5.74, 6) is -14.0. The van der Waals surface area contributed by atoms with E-state index >= 15 is 0 Å². The van der Waals surface area contributed by atoms with Gasteiger partial charge in [0, 0.05) is 66.2 Å². The van der Waals surface area contributed by atoms with E-state index in [0.29, 0.717) is 28.8 Å². The highest BCUT2D eigenvalue weighted by Crippen LogP contribution is 2.25. The van der Waals surface area contributed by atoms with Gasteiger partial charge in [0.15, 0.2) is 0 Å². The van der Waals surface area contributed by atoms with Gasteiger partial charge in [-0.3, -0.25) is 52.7 Å². The van der Waals surface area contributed by atoms with Crippen LogP contribution < -0.4 is 58.9 Å². The molecule has 5 aromatic rings. The minimum Gasteiger partial charge on any atom is -0.508 e. The first-order valence-corrected chi connectivity index (χ1v) is 35.4. The zero-order valence-corrected chi connectivity index (χ0v) is 58.2. The molecule has 0 aliphatic carbocycles. The largest absolute Gasteiger partial charge is 0.508 e. The van der Waals surface area contributed by atoms with E-state index in [1.165, 1.54) is 24.7 Å². The Morgan fingerprint density at radius 1 is 0.586 bits per heavy atom. The maximum absolute atomic E-state index is 14.9. The van der Waals surface area contributed by atoms with E-state index in [2.05, 4.69) is 68.1 Å². The molecule has 17 N–H and O–H groups in total. The summed E-state index contributed by atoms with van der Waals surface area (Å²) >= 11 is 0. The summed E-state index contributed by atoms with van der Waals surface area (Å²) in [5.41, 5.74) is 9.17. The predicted molar refractivity (Wildman–Crippen MR) is 372 cm³/mol. The van der Waals surface area contributed by atoms with E-state index in [1.54, 1.807) is 110 Å². The summed E-state index contributed by atoms with van der Waals surface area (Å²) in [6.07, 6.45) is 3.23. The van der Waals surface area contributed by atoms with Gasteiger partial charge in [-0.2, -0.15) is 0 Å². The molecule has 1 aliphatic heterocycles. The quantitative estimate of drug-likeness (QED) is 0.0291. The molecule has 1 aliphatic rings. The molecule has 0 spiro atoms. The number of phenolic OH excluding ortho intramolecular Hbond substituents is 1. The minimum absolute atomic E-state index is 0.0520. The zero-order chi connectivity index (χ0) is 72.6. The number of phenols is 1. The molecule has 99 heavy (non-hydrogen) atoms. The third-order valence-corrected chi connectivity index (χ3v) is 19.4. The number of imidazole rings is 1. The van der Waals surface area contributed by atoms with Crippen LogP contribution in [0.15, 0.2) is 97.6 Å². The second kappa shape index (κ2) is 38.0. The van der Waals surface area contributed by atoms with Crippen LogP contribution in [0.25, 0.3) is 10.9 Å². The van der Waals surface area contributed by atoms with E-state index in [9.17, 15) is 72.9 Å². The SMILES string of the molecule is CC[C@H](C)[C@H](NC(=O)[C@H](CC(=O)O)NC(=O)[C@H](CC(C)C)NC(=O)[C@H](Cc1cnc[nH]1)NC(=O)[C@H]1CSSC[C@H](N)C(=O)N[C@@H](C(C)C)C(=O)N[C@H](Cc2ccc(O)cc2)C(=O)N[C@@H](Cc2ccccc2)C(=O)N1)C(=O)N[C@H](C(=O)N[C@@H](Cc1c[nH]c2ccccc12)C(=O)O)[C@@H](C)CC. The van der Waals surface area contributed by atoms with Gasteiger partial charge < -0.3 is 84.2 Å². The number of aliphatic carboxylic acids is 2. The van der Waals surface area contributed by atoms with Gasteiger partial charge in [-0.05, 0) is 65.0 Å². The summed E-state index contributed by atoms with van der Waals surface area (Å²) in [6.45, 7) is 13.6. The summed E-state index contributed by atoms with van der Waals surface area (Å²) < 4.78 is 0. The molecule has 10 amide bonds. The number of aromatic amines is 2. The molecule has 1 fully saturated rings. The Kier molecular flexibility index (Phi) is 30.2. The molecule has 536 valence electrons. The second-order valence-corrected chi connectivity index (χ2v) is 28.1. The number of carboxylic acid groups (broad SMARTS) is 2. The molecule has 31 heteroatoms. The minimum atomic E-state index is -1.87. The van der Waals surface area contributed by atoms with Crippen molar-refractivity contribution in [2.24, 2.45) is 29.4 Å². The highest BCUT2D eigenvalue weighted by atomic mass is 33.1. The van der Waals surface area contributed by atoms with Crippen LogP contribution in [0.1, 0.15) is 103 Å². The summed E-state index contributed by atoms with van der Waals surface area (Å²) in [6, 6.07) is 6.02. The number of aromatic hydroxyl groups is 1. The highest BCUT2D eigenvalue weighted by Gasteiger charge is 2.39. The van der Waals surface area contributed by atoms with Crippen molar-refractivity contribution < 1.29 is 72.9 Å². The van der Waals surface area contributed by atoms with E-state index in [0.717, 1.165) is 32.5 Å². The number of hydrogen-bond donors (Lipinski definition) is 16. The second-order valence-electron chi connectivity index (χ2n) is 25.5. The average molecular weight is 1410 g/mol. The fourth-order valence-electron chi connectivity index (χ4n) is 10.8. The molecule has 3 heterocycles. The topological polar surface area (TPSA) is 456 Å².